The van der Waals surface area contributed by atoms with Gasteiger partial charge in [-0.05, 0) is 123 Å². The molecule has 21 nitrogen and oxygen atoms in total. The van der Waals surface area contributed by atoms with E-state index in [1.807, 2.05) is 69.6 Å². The Kier molecular flexibility index (Phi) is 8.54. The molecule has 8 rings (SSSR count). The fraction of sp³-hybridized carbons (Fsp3) is 0.333. The molecule has 2 aliphatic heterocycles. The predicted molar refractivity (Wildman–Crippen MR) is 415 cm³/mol. The van der Waals surface area contributed by atoms with Crippen LogP contribution < -0.4 is 39.8 Å². The Hall–Kier alpha value is -7.95. The first-order valence-electron chi connectivity index (χ1n) is 73.2. The van der Waals surface area contributed by atoms with E-state index in [-0.39, 0.29) is 0 Å². The van der Waals surface area contributed by atoms with E-state index in [4.69, 9.17) is 205 Å². The molecule has 1 saturated heterocycles. The number of halogens is 1. The molecule has 3 aromatic heterocycles. The van der Waals surface area contributed by atoms with Gasteiger partial charge in [0.2, 0.25) is 34.7 Å². The topological polar surface area (TPSA) is 199 Å². The number of rotatable bonds is 21. The molecule has 2 aliphatic rings. The highest BCUT2D eigenvalue weighted by atomic mass is 79.9. The van der Waals surface area contributed by atoms with Crippen LogP contribution in [-0.2, 0) is 34.8 Å². The van der Waals surface area contributed by atoms with Crippen molar-refractivity contribution >= 4 is 88.2 Å². The van der Waals surface area contributed by atoms with Gasteiger partial charge in [-0.25, -0.2) is 29.5 Å². The lowest BCUT2D eigenvalue weighted by Gasteiger charge is -2.32. The van der Waals surface area contributed by atoms with Crippen molar-refractivity contribution in [3.8, 4) is 34.9 Å². The molecule has 0 radical (unpaired) electrons. The lowest BCUT2D eigenvalue weighted by atomic mass is 9.76. The van der Waals surface area contributed by atoms with E-state index in [2.05, 4.69) is 45.4 Å². The number of carbonyl (C=O) groups is 2. The number of hydrogen-bond acceptors (Lipinski definition) is 18. The number of likely N-dealkylation sites (N-methyl/N-ethyl adjacent to an activating group) is 3. The molecule has 6 aromatic rings. The van der Waals surface area contributed by atoms with Gasteiger partial charge in [0.1, 0.15) is 41.0 Å². The van der Waals surface area contributed by atoms with Crippen molar-refractivity contribution in [2.24, 2.45) is 0 Å². The number of ether oxygens (including phenoxy) is 6. The van der Waals surface area contributed by atoms with Crippen LogP contribution in [0.4, 0.5) is 34.5 Å². The van der Waals surface area contributed by atoms with E-state index in [0.717, 1.165) is 23.6 Å². The Balaban J connectivity index is -0.0000000278. The highest BCUT2D eigenvalue weighted by Crippen LogP contribution is 2.38. The van der Waals surface area contributed by atoms with Crippen LogP contribution in [0.25, 0.3) is 14.5 Å². The summed E-state index contributed by atoms with van der Waals surface area (Å²) in [4.78, 5) is 52.2. The maximum atomic E-state index is 11.8. The van der Waals surface area contributed by atoms with Crippen LogP contribution >= 0.6 is 15.9 Å². The number of fused-ring (bicyclic) bond motifs is 1. The van der Waals surface area contributed by atoms with Crippen LogP contribution in [0, 0.1) is 19.7 Å². The van der Waals surface area contributed by atoms with Crippen molar-refractivity contribution in [1.29, 1.82) is 0 Å². The van der Waals surface area contributed by atoms with Crippen LogP contribution in [0.2, 0.25) is 0 Å². The zero-order valence-electron chi connectivity index (χ0n) is 143. The zero-order chi connectivity index (χ0) is 155. The Morgan fingerprint density at radius 2 is 1.00 bits per heavy atom. The van der Waals surface area contributed by atoms with Gasteiger partial charge in [0.25, 0.3) is 0 Å². The van der Waals surface area contributed by atoms with Crippen molar-refractivity contribution < 1.29 is 200 Å². The Labute approximate surface area is 629 Å². The third-order valence-corrected chi connectivity index (χ3v) is 13.8. The third-order valence-electron chi connectivity index (χ3n) is 13.1. The van der Waals surface area contributed by atoms with Gasteiger partial charge in [0, 0.05) is 220 Å². The van der Waals surface area contributed by atoms with Crippen LogP contribution in [0.1, 0.15) is 197 Å². The summed E-state index contributed by atoms with van der Waals surface area (Å²) in [6, 6.07) is 25.5. The second-order valence-electron chi connectivity index (χ2n) is 19.2. The van der Waals surface area contributed by atoms with Gasteiger partial charge in [0.05, 0.1) is 57.3 Å². The van der Waals surface area contributed by atoms with Gasteiger partial charge in [-0.3, -0.25) is 9.59 Å². The molecule has 5 heterocycles. The molecule has 0 unspecified atom stereocenters. The molecule has 0 aliphatic carbocycles. The summed E-state index contributed by atoms with van der Waals surface area (Å²) in [5.41, 5.74) is 3.48. The van der Waals surface area contributed by atoms with Crippen LogP contribution in [0.15, 0.2) is 95.5 Å². The molecule has 516 valence electrons. The summed E-state index contributed by atoms with van der Waals surface area (Å²) >= 11 is 3.30. The molecule has 3 aromatic carbocycles. The smallest absolute Gasteiger partial charge is 0.439 e. The molecule has 1 N–H and O–H groups in total. The number of carbonyl (C=O) groups excluding carboxylic acids is 2. The maximum absolute atomic E-state index is 11.8. The second kappa shape index (κ2) is 29.0. The minimum atomic E-state index is -0.874. The van der Waals surface area contributed by atoms with Gasteiger partial charge < -0.3 is 62.1 Å². The van der Waals surface area contributed by atoms with E-state index >= 15 is 0 Å². The van der Waals surface area contributed by atoms with Gasteiger partial charge in [-0.2, -0.15) is 0 Å². The Bertz CT molecular complexity index is 3460. The summed E-state index contributed by atoms with van der Waals surface area (Å²) in [6.45, 7) is 33.5. The van der Waals surface area contributed by atoms with E-state index < -0.39 is 25.4 Å². The first-order chi connectivity index (χ1) is 86.8. The average Bonchev–Trinajstić information content (AvgIpc) is 1.61. The fourth-order valence-corrected chi connectivity index (χ4v) is 8.10. The van der Waals surface area contributed by atoms with E-state index in [9.17, 15) is 14.6 Å². The predicted octanol–water partition coefficient (Wildman–Crippen LogP) is 21.2. The number of hydrogen-bond donors (Lipinski definition) is 1. The van der Waals surface area contributed by atoms with Gasteiger partial charge in [0.15, 0.2) is 6.29 Å². The molecule has 0 saturated carbocycles. The summed E-state index contributed by atoms with van der Waals surface area (Å²) in [5, 5.41) is 9.67. The Morgan fingerprint density at radius 3 is 1.40 bits per heavy atom. The van der Waals surface area contributed by atoms with E-state index in [0.29, 0.717) is 137 Å². The first-order valence-corrected chi connectivity index (χ1v) is 26.0. The normalized spacial score (nSPS) is 18.1. The fourth-order valence-electron chi connectivity index (χ4n) is 7.76. The molecule has 24 heteroatoms. The minimum Gasteiger partial charge on any atom is -0.439 e. The van der Waals surface area contributed by atoms with Crippen LogP contribution in [-0.4, -0.2) is 140 Å². The number of benzene rings is 3. The van der Waals surface area contributed by atoms with E-state index in [1.165, 1.54) is 0 Å². The number of methoxy groups -OCH3 is 3. The maximum Gasteiger partial charge on any atom is 0.495 e. The molecule has 81 heavy (non-hydrogen) atoms. The highest BCUT2D eigenvalue weighted by Gasteiger charge is 2.52. The van der Waals surface area contributed by atoms with Crippen LogP contribution in [0.5, 0.6) is 34.9 Å². The SMILES string of the molecule is [2H][2H].[2H][2H].[2H][2H].[2H][2H].[2H][2H].[2H][2H].[2H][2H].[2H][2H].[2H][2H].[2H][2H].[2H][2H].[2H][2H].[2H][2H].[2H][2H].[2H][2H].[2H][2H].[2H][2H].[2H][2H].[2H][2H].[2H][2H].[2H][2H].[2H][2H].[2H][2H].[2H][2H].[2H][2H].[2H][2H].[2H][2H].[2H][2H].[2H][2H].[2H][2H].[2H][2H].[2H][2H].[2H][2H].[2H][2H].[2H][2H].[2H][2H].[2H][2H].[2H][2H].[2H][2H].[2H][2H].[2H][2H].[2H][2H].[2H][2H].[2H][2H].[2H][2H].[2H][2H].[2H][2H].[2H][2H].[C-]#[N+]c1ccc(Oc2ccc(B3OC(C)(C)C(C)(C)O3)c(C=O)c2)nc1N(C)CCOC.[C-]#[N+]c1ccc(Oc2ccc(Br)c(C=O)c2)nc1N(C)CCOC.[C-]#[N+]c1ccc(Oc2ccc3c(c2)COB3O)nc1N(C)CCOC. The standard InChI is InChI=1S/C23H28BN3O5.C17H18BN3O4.C17H16BrN3O3.48H2/c1-22(2)23(3,4)32-24(31-22)18-9-8-17(14-16(18)15-28)30-20-11-10-19(25-5)21(26-20)27(6)12-13-29-7;1-19-15-6-7-16(20-17(15)21(2)8-9-23-3)25-13-4-5-14-12(10-13)11-24-18(14)22;1-19-15-6-7-16(20-17(15)21(2)8-9-23-3)24-13-4-5-14(18)12(10-13)11-22;;;;;;;;;;;;;;;;;;;;;;;;;;;;;;;;;;;;;;;;;;;;;;;;/h8-11,14-15H,12-13H2,1-4,6-7H3;4-7,10,22H,8-9,11H2,2-3H3;4-7,10-11H,8-9H2,2-3H3;48*1H/i;;;48*1+1D. The molecular formula is C57H158B2BrN9O12. The monoisotopic (exact) mass is 1360 g/mol. The number of aromatic nitrogens is 3. The molecule has 0 bridgehead atoms. The van der Waals surface area contributed by atoms with Gasteiger partial charge >= 0.3 is 14.2 Å². The largest absolute Gasteiger partial charge is 0.495 e. The molecule has 0 spiro atoms. The average molecular weight is 1360 g/mol. The third kappa shape index (κ3) is 16.1. The van der Waals surface area contributed by atoms with Gasteiger partial charge in [-0.15, -0.1) is 0 Å². The summed E-state index contributed by atoms with van der Waals surface area (Å²) in [5.74, 6) is 4.17. The molecule has 1 fully saturated rings. The van der Waals surface area contributed by atoms with Crippen LogP contribution in [0.3, 0.4) is 0 Å². The van der Waals surface area contributed by atoms with Crippen molar-refractivity contribution in [2.75, 3.05) is 96.6 Å². The summed E-state index contributed by atoms with van der Waals surface area (Å²) in [7, 11) is 8.88. The lowest BCUT2D eigenvalue weighted by Crippen LogP contribution is -2.41. The lowest BCUT2D eigenvalue weighted by molar-refractivity contribution is 0.00578. The van der Waals surface area contributed by atoms with Crippen molar-refractivity contribution in [3.63, 3.8) is 0 Å². The Morgan fingerprint density at radius 1 is 0.617 bits per heavy atom. The number of anilines is 3. The second-order valence-corrected chi connectivity index (χ2v) is 20.0. The number of pyridine rings is 3. The van der Waals surface area contributed by atoms with Gasteiger partial charge in [-0.1, -0.05) is 28.1 Å². The quantitative estimate of drug-likeness (QED) is 0.0405. The first kappa shape index (κ1) is 23.9. The summed E-state index contributed by atoms with van der Waals surface area (Å²) < 4.78 is 531. The zero-order valence-corrected chi connectivity index (χ0v) is 48.3. The van der Waals surface area contributed by atoms with Crippen molar-refractivity contribution in [1.82, 2.24) is 15.0 Å². The van der Waals surface area contributed by atoms with Crippen molar-refractivity contribution in [3.05, 3.63) is 146 Å². The number of aldehydes is 2. The molecule has 0 atom stereocenters. The van der Waals surface area contributed by atoms with Crippen molar-refractivity contribution in [2.45, 2.75) is 45.5 Å². The van der Waals surface area contributed by atoms with E-state index in [1.54, 1.807) is 106 Å². The minimum absolute atomic E-state index is 0.317. The summed E-state index contributed by atoms with van der Waals surface area (Å²) in [6.07, 6.45) is 1.50. The highest BCUT2D eigenvalue weighted by molar-refractivity contribution is 9.10. The number of nitrogens with zero attached hydrogens (tertiary/aromatic N) is 9. The molecule has 0 amide bonds. The molecular weight excluding hydrogens is 1100 g/mol.